The number of hydrogen-bond acceptors (Lipinski definition) is 8. The van der Waals surface area contributed by atoms with Gasteiger partial charge in [0.1, 0.15) is 23.1 Å². The zero-order chi connectivity index (χ0) is 32.7. The topological polar surface area (TPSA) is 114 Å². The molecule has 11 heteroatoms. The molecular formula is C37H36F2N6O3. The van der Waals surface area contributed by atoms with Crippen LogP contribution in [-0.4, -0.2) is 71.6 Å². The minimum Gasteiger partial charge on any atom is -0.508 e. The highest BCUT2D eigenvalue weighted by Crippen LogP contribution is 2.51. The second-order valence-corrected chi connectivity index (χ2v) is 14.0. The Bertz CT molecular complexity index is 2000. The number of phenols is 1. The van der Waals surface area contributed by atoms with E-state index in [0.717, 1.165) is 36.6 Å². The van der Waals surface area contributed by atoms with Crippen LogP contribution < -0.4 is 20.3 Å². The molecule has 6 heterocycles. The predicted molar refractivity (Wildman–Crippen MR) is 178 cm³/mol. The Morgan fingerprint density at radius 3 is 2.81 bits per heavy atom. The van der Waals surface area contributed by atoms with E-state index in [2.05, 4.69) is 21.6 Å². The van der Waals surface area contributed by atoms with E-state index in [1.165, 1.54) is 0 Å². The van der Waals surface area contributed by atoms with E-state index in [1.54, 1.807) is 12.1 Å². The van der Waals surface area contributed by atoms with Crippen LogP contribution >= 0.6 is 0 Å². The van der Waals surface area contributed by atoms with E-state index in [-0.39, 0.29) is 72.5 Å². The lowest BCUT2D eigenvalue weighted by Crippen LogP contribution is -2.58. The van der Waals surface area contributed by atoms with Gasteiger partial charge in [-0.3, -0.25) is 9.69 Å². The van der Waals surface area contributed by atoms with E-state index in [4.69, 9.17) is 9.72 Å². The number of nitriles is 1. The molecule has 4 saturated heterocycles. The van der Waals surface area contributed by atoms with Crippen molar-refractivity contribution in [1.82, 2.24) is 15.2 Å². The van der Waals surface area contributed by atoms with Crippen LogP contribution in [0.2, 0.25) is 0 Å². The second-order valence-electron chi connectivity index (χ2n) is 14.0. The van der Waals surface area contributed by atoms with Crippen LogP contribution in [0.5, 0.6) is 11.6 Å². The van der Waals surface area contributed by atoms with E-state index < -0.39 is 18.2 Å². The van der Waals surface area contributed by atoms with Crippen LogP contribution in [0, 0.1) is 29.0 Å². The fourth-order valence-corrected chi connectivity index (χ4v) is 9.14. The highest BCUT2D eigenvalue weighted by Gasteiger charge is 2.52. The standard InChI is InChI=1S/C37H36F2N6O3/c38-23-11-21-7-4-10-44(17-23)37(21)48-36-33-35(45(18-29(47)42-33)34-22-14-28(34)41-16-22)27-13-20(6-3-9-40)30(31(39)32(27)43-36)26-15-24(46)12-19-5-1-2-8-25(19)26/h1-2,5,8,12-13,15,21-23,28,34,37,41,46H,3-4,6-7,10-11,14,16-18H2,(H,42,47)/t21-,22?,23-,28?,34?,37?/m1/s1. The molecule has 3 aromatic carbocycles. The number of amides is 1. The second kappa shape index (κ2) is 11.3. The average Bonchev–Trinajstić information content (AvgIpc) is 3.71. The van der Waals surface area contributed by atoms with Gasteiger partial charge in [0.2, 0.25) is 11.8 Å². The summed E-state index contributed by atoms with van der Waals surface area (Å²) in [6, 6.07) is 15.1. The minimum absolute atomic E-state index is 0.00255. The molecular weight excluding hydrogens is 614 g/mol. The van der Waals surface area contributed by atoms with E-state index in [1.807, 2.05) is 35.2 Å². The van der Waals surface area contributed by atoms with Gasteiger partial charge in [0.15, 0.2) is 12.0 Å². The van der Waals surface area contributed by atoms with Crippen LogP contribution in [0.4, 0.5) is 20.2 Å². The third kappa shape index (κ3) is 4.60. The molecule has 246 valence electrons. The van der Waals surface area contributed by atoms with Crippen molar-refractivity contribution in [2.24, 2.45) is 11.8 Å². The number of hydrogen-bond donors (Lipinski definition) is 3. The third-order valence-electron chi connectivity index (χ3n) is 11.2. The minimum atomic E-state index is -0.936. The van der Waals surface area contributed by atoms with Crippen molar-refractivity contribution in [2.75, 3.05) is 36.4 Å². The lowest BCUT2D eigenvalue weighted by atomic mass is 9.78. The number of benzene rings is 3. The van der Waals surface area contributed by atoms with Gasteiger partial charge in [-0.05, 0) is 78.1 Å². The van der Waals surface area contributed by atoms with Crippen molar-refractivity contribution >= 4 is 39.0 Å². The number of piperidine rings is 2. The number of aromatic nitrogens is 1. The Kier molecular flexibility index (Phi) is 6.95. The molecule has 9 nitrogen and oxygen atoms in total. The molecule has 0 radical (unpaired) electrons. The van der Waals surface area contributed by atoms with Crippen LogP contribution in [0.15, 0.2) is 42.5 Å². The van der Waals surface area contributed by atoms with Crippen LogP contribution in [0.3, 0.4) is 0 Å². The number of fused-ring (bicyclic) bond motifs is 7. The van der Waals surface area contributed by atoms with E-state index in [0.29, 0.717) is 46.8 Å². The average molecular weight is 651 g/mol. The Labute approximate surface area is 276 Å². The van der Waals surface area contributed by atoms with Gasteiger partial charge in [0, 0.05) is 55.0 Å². The fourth-order valence-electron chi connectivity index (χ4n) is 9.14. The maximum absolute atomic E-state index is 17.5. The van der Waals surface area contributed by atoms with Gasteiger partial charge in [-0.2, -0.15) is 5.26 Å². The van der Waals surface area contributed by atoms with Crippen molar-refractivity contribution < 1.29 is 23.4 Å². The number of carbonyl (C=O) groups is 1. The highest BCUT2D eigenvalue weighted by molar-refractivity contribution is 6.12. The number of anilines is 2. The molecule has 1 saturated carbocycles. The van der Waals surface area contributed by atoms with Gasteiger partial charge < -0.3 is 25.4 Å². The van der Waals surface area contributed by atoms with Crippen molar-refractivity contribution in [3.05, 3.63) is 53.8 Å². The van der Waals surface area contributed by atoms with Crippen molar-refractivity contribution in [2.45, 2.75) is 63.0 Å². The molecule has 7 atom stereocenters. The Morgan fingerprint density at radius 1 is 1.15 bits per heavy atom. The summed E-state index contributed by atoms with van der Waals surface area (Å²) in [4.78, 5) is 22.3. The number of phenolic OH excluding ortho intramolecular Hbond substituents is 1. The first-order valence-corrected chi connectivity index (χ1v) is 17.0. The van der Waals surface area contributed by atoms with Crippen molar-refractivity contribution in [3.63, 3.8) is 0 Å². The summed E-state index contributed by atoms with van der Waals surface area (Å²) in [5.41, 5.74) is 2.57. The molecule has 1 aliphatic carbocycles. The molecule has 1 amide bonds. The van der Waals surface area contributed by atoms with E-state index in [9.17, 15) is 19.6 Å². The summed E-state index contributed by atoms with van der Waals surface area (Å²) in [6.07, 6.45) is 2.23. The third-order valence-corrected chi connectivity index (χ3v) is 11.2. The molecule has 5 aliphatic heterocycles. The first kappa shape index (κ1) is 29.6. The number of nitrogens with zero attached hydrogens (tertiary/aromatic N) is 4. The monoisotopic (exact) mass is 650 g/mol. The Morgan fingerprint density at radius 2 is 2.02 bits per heavy atom. The number of rotatable bonds is 6. The quantitative estimate of drug-likeness (QED) is 0.246. The number of halogens is 2. The zero-order valence-corrected chi connectivity index (χ0v) is 26.4. The molecule has 10 rings (SSSR count). The summed E-state index contributed by atoms with van der Waals surface area (Å²) in [6.45, 7) is 1.92. The molecule has 1 aromatic heterocycles. The van der Waals surface area contributed by atoms with Crippen molar-refractivity contribution in [1.29, 1.82) is 5.26 Å². The molecule has 48 heavy (non-hydrogen) atoms. The fraction of sp³-hybridized carbons (Fsp3) is 0.432. The summed E-state index contributed by atoms with van der Waals surface area (Å²) in [5.74, 6) is -0.339. The molecule has 5 unspecified atom stereocenters. The number of carbonyl (C=O) groups excluding carboxylic acids is 1. The predicted octanol–water partition coefficient (Wildman–Crippen LogP) is 5.63. The number of ether oxygens (including phenoxy) is 1. The molecule has 6 aliphatic rings. The Hall–Kier alpha value is -4.53. The van der Waals surface area contributed by atoms with Gasteiger partial charge >= 0.3 is 0 Å². The number of alkyl halides is 1. The lowest BCUT2D eigenvalue weighted by Gasteiger charge is -2.48. The largest absolute Gasteiger partial charge is 0.508 e. The summed E-state index contributed by atoms with van der Waals surface area (Å²) in [5, 5.41) is 29.0. The smallest absolute Gasteiger partial charge is 0.244 e. The molecule has 3 N–H and O–H groups in total. The Balaban J connectivity index is 1.30. The van der Waals surface area contributed by atoms with E-state index >= 15 is 4.39 Å². The van der Waals surface area contributed by atoms with Crippen LogP contribution in [-0.2, 0) is 11.2 Å². The first-order valence-electron chi connectivity index (χ1n) is 17.0. The van der Waals surface area contributed by atoms with Gasteiger partial charge in [-0.25, -0.2) is 13.8 Å². The SMILES string of the molecule is N#CCCc1cc2c3c(c(OC4[C@@H]5CCCN4C[C@H](F)C5)nc2c(F)c1-c1cc(O)cc2ccccc12)NC(=O)CN3C1C2CNC1C2. The number of pyridine rings is 1. The molecule has 4 aromatic rings. The molecule has 4 bridgehead atoms. The summed E-state index contributed by atoms with van der Waals surface area (Å²) in [7, 11) is 0. The van der Waals surface area contributed by atoms with Gasteiger partial charge in [0.25, 0.3) is 0 Å². The lowest BCUT2D eigenvalue weighted by molar-refractivity contribution is -0.115. The van der Waals surface area contributed by atoms with Crippen LogP contribution in [0.25, 0.3) is 32.8 Å². The number of nitrogens with one attached hydrogen (secondary N) is 2. The first-order chi connectivity index (χ1) is 23.4. The maximum Gasteiger partial charge on any atom is 0.244 e. The van der Waals surface area contributed by atoms with Gasteiger partial charge in [-0.1, -0.05) is 24.3 Å². The highest BCUT2D eigenvalue weighted by atomic mass is 19.1. The summed E-state index contributed by atoms with van der Waals surface area (Å²) >= 11 is 0. The van der Waals surface area contributed by atoms with Gasteiger partial charge in [0.05, 0.1) is 18.3 Å². The molecule has 0 spiro atoms. The number of aryl methyl sites for hydroxylation is 1. The number of aromatic hydroxyl groups is 1. The summed E-state index contributed by atoms with van der Waals surface area (Å²) < 4.78 is 38.9. The van der Waals surface area contributed by atoms with Crippen molar-refractivity contribution in [3.8, 4) is 28.8 Å². The van der Waals surface area contributed by atoms with Gasteiger partial charge in [-0.15, -0.1) is 0 Å². The maximum atomic E-state index is 17.5. The zero-order valence-electron chi connectivity index (χ0n) is 26.4. The molecule has 5 fully saturated rings. The van der Waals surface area contributed by atoms with Crippen LogP contribution in [0.1, 0.15) is 37.7 Å². The normalized spacial score (nSPS) is 28.9.